The van der Waals surface area contributed by atoms with Crippen LogP contribution in [-0.4, -0.2) is 11.2 Å². The van der Waals surface area contributed by atoms with E-state index in [1.165, 1.54) is 16.5 Å². The van der Waals surface area contributed by atoms with E-state index in [4.69, 9.17) is 5.90 Å². The van der Waals surface area contributed by atoms with Gasteiger partial charge in [-0.1, -0.05) is 30.4 Å². The first-order valence-corrected chi connectivity index (χ1v) is 5.35. The van der Waals surface area contributed by atoms with Crippen LogP contribution in [0.25, 0.3) is 17.0 Å². The summed E-state index contributed by atoms with van der Waals surface area (Å²) in [5.41, 5.74) is 2.48. The first kappa shape index (κ1) is 10.9. The molecule has 16 heavy (non-hydrogen) atoms. The molecule has 0 spiro atoms. The van der Waals surface area contributed by atoms with Gasteiger partial charge in [0.25, 0.3) is 0 Å². The topological polar surface area (TPSA) is 40.2 Å². The molecule has 0 radical (unpaired) electrons. The molecule has 0 saturated heterocycles. The predicted octanol–water partition coefficient (Wildman–Crippen LogP) is 2.47. The molecule has 2 aromatic rings. The second-order valence-electron chi connectivity index (χ2n) is 3.77. The zero-order valence-electron chi connectivity index (χ0n) is 9.39. The Kier molecular flexibility index (Phi) is 3.39. The fourth-order valence-electron chi connectivity index (χ4n) is 1.85. The highest BCUT2D eigenvalue weighted by Crippen LogP contribution is 2.21. The number of benzene rings is 1. The van der Waals surface area contributed by atoms with Gasteiger partial charge in [-0.25, -0.2) is 5.90 Å². The summed E-state index contributed by atoms with van der Waals surface area (Å²) < 4.78 is 2.13. The van der Waals surface area contributed by atoms with Crippen LogP contribution in [0.1, 0.15) is 12.0 Å². The fourth-order valence-corrected chi connectivity index (χ4v) is 1.85. The highest BCUT2D eigenvalue weighted by Gasteiger charge is 2.01. The van der Waals surface area contributed by atoms with Crippen LogP contribution in [0.4, 0.5) is 0 Å². The minimum absolute atomic E-state index is 0.557. The smallest absolute Gasteiger partial charge is 0.0713 e. The summed E-state index contributed by atoms with van der Waals surface area (Å²) >= 11 is 0. The summed E-state index contributed by atoms with van der Waals surface area (Å²) in [6, 6.07) is 8.37. The normalized spacial score (nSPS) is 11.6. The second kappa shape index (κ2) is 4.96. The van der Waals surface area contributed by atoms with Gasteiger partial charge in [0.15, 0.2) is 0 Å². The van der Waals surface area contributed by atoms with E-state index in [0.717, 1.165) is 6.42 Å². The molecule has 3 nitrogen and oxygen atoms in total. The van der Waals surface area contributed by atoms with Gasteiger partial charge in [-0.15, -0.1) is 0 Å². The van der Waals surface area contributed by atoms with E-state index in [1.807, 2.05) is 0 Å². The molecule has 1 aromatic carbocycles. The summed E-state index contributed by atoms with van der Waals surface area (Å²) in [5.74, 6) is 4.96. The van der Waals surface area contributed by atoms with Crippen LogP contribution < -0.4 is 5.90 Å². The Balaban J connectivity index is 2.27. The van der Waals surface area contributed by atoms with Crippen molar-refractivity contribution in [3.05, 3.63) is 42.1 Å². The van der Waals surface area contributed by atoms with E-state index in [0.29, 0.717) is 6.61 Å². The van der Waals surface area contributed by atoms with Gasteiger partial charge >= 0.3 is 0 Å². The number of rotatable bonds is 4. The van der Waals surface area contributed by atoms with Crippen LogP contribution in [0.2, 0.25) is 0 Å². The number of aromatic nitrogens is 1. The van der Waals surface area contributed by atoms with Crippen LogP contribution in [0.5, 0.6) is 0 Å². The minimum atomic E-state index is 0.557. The Labute approximate surface area is 95.1 Å². The lowest BCUT2D eigenvalue weighted by molar-refractivity contribution is 0.143. The summed E-state index contributed by atoms with van der Waals surface area (Å²) in [7, 11) is 2.06. The molecule has 0 fully saturated rings. The lowest BCUT2D eigenvalue weighted by atomic mass is 10.1. The molecule has 0 bridgehead atoms. The maximum absolute atomic E-state index is 4.96. The predicted molar refractivity (Wildman–Crippen MR) is 66.7 cm³/mol. The van der Waals surface area contributed by atoms with Gasteiger partial charge in [-0.2, -0.15) is 0 Å². The highest BCUT2D eigenvalue weighted by molar-refractivity contribution is 5.89. The monoisotopic (exact) mass is 216 g/mol. The minimum Gasteiger partial charge on any atom is -0.350 e. The standard InChI is InChI=1S/C13H16N2O/c1-15-10-11(6-4-5-9-16-14)12-7-2-3-8-13(12)15/h2-4,6-8,10H,5,9,14H2,1H3/b6-4+. The Morgan fingerprint density at radius 2 is 2.19 bits per heavy atom. The van der Waals surface area contributed by atoms with Gasteiger partial charge in [0, 0.05) is 24.1 Å². The number of para-hydroxylation sites is 1. The lowest BCUT2D eigenvalue weighted by Crippen LogP contribution is -1.98. The average Bonchev–Trinajstić information content (AvgIpc) is 2.63. The third-order valence-corrected chi connectivity index (χ3v) is 2.63. The van der Waals surface area contributed by atoms with Gasteiger partial charge < -0.3 is 9.40 Å². The molecular formula is C13H16N2O. The van der Waals surface area contributed by atoms with Gasteiger partial charge in [0.2, 0.25) is 0 Å². The summed E-state index contributed by atoms with van der Waals surface area (Å²) in [4.78, 5) is 4.52. The zero-order chi connectivity index (χ0) is 11.4. The molecule has 2 rings (SSSR count). The van der Waals surface area contributed by atoms with E-state index in [1.54, 1.807) is 0 Å². The van der Waals surface area contributed by atoms with Gasteiger partial charge in [-0.05, 0) is 18.1 Å². The molecule has 0 atom stereocenters. The van der Waals surface area contributed by atoms with Crippen LogP contribution in [-0.2, 0) is 11.9 Å². The summed E-state index contributed by atoms with van der Waals surface area (Å²) in [6.07, 6.45) is 7.15. The zero-order valence-corrected chi connectivity index (χ0v) is 9.39. The van der Waals surface area contributed by atoms with E-state index in [-0.39, 0.29) is 0 Å². The number of hydrogen-bond acceptors (Lipinski definition) is 2. The summed E-state index contributed by atoms with van der Waals surface area (Å²) in [6.45, 7) is 0.557. The van der Waals surface area contributed by atoms with Crippen molar-refractivity contribution in [3.8, 4) is 0 Å². The largest absolute Gasteiger partial charge is 0.350 e. The van der Waals surface area contributed by atoms with Crippen molar-refractivity contribution in [2.24, 2.45) is 12.9 Å². The Bertz CT molecular complexity index is 500. The summed E-state index contributed by atoms with van der Waals surface area (Å²) in [5, 5.41) is 1.27. The molecule has 0 amide bonds. The van der Waals surface area contributed by atoms with Crippen LogP contribution in [0, 0.1) is 0 Å². The number of aryl methyl sites for hydroxylation is 1. The van der Waals surface area contributed by atoms with Crippen molar-refractivity contribution in [2.75, 3.05) is 6.61 Å². The first-order valence-electron chi connectivity index (χ1n) is 5.35. The highest BCUT2D eigenvalue weighted by atomic mass is 16.6. The number of fused-ring (bicyclic) bond motifs is 1. The fraction of sp³-hybridized carbons (Fsp3) is 0.231. The SMILES string of the molecule is Cn1cc(/C=C/CCON)c2ccccc21. The van der Waals surface area contributed by atoms with Crippen molar-refractivity contribution >= 4 is 17.0 Å². The molecule has 0 aliphatic heterocycles. The molecular weight excluding hydrogens is 200 g/mol. The molecule has 2 N–H and O–H groups in total. The maximum Gasteiger partial charge on any atom is 0.0713 e. The molecule has 0 saturated carbocycles. The molecule has 84 valence electrons. The Hall–Kier alpha value is -1.58. The third-order valence-electron chi connectivity index (χ3n) is 2.63. The maximum atomic E-state index is 4.96. The molecule has 3 heteroatoms. The van der Waals surface area contributed by atoms with Crippen molar-refractivity contribution in [2.45, 2.75) is 6.42 Å². The molecule has 0 aliphatic carbocycles. The van der Waals surface area contributed by atoms with Crippen molar-refractivity contribution in [1.29, 1.82) is 0 Å². The quantitative estimate of drug-likeness (QED) is 0.630. The van der Waals surface area contributed by atoms with E-state index < -0.39 is 0 Å². The van der Waals surface area contributed by atoms with E-state index >= 15 is 0 Å². The van der Waals surface area contributed by atoms with Crippen molar-refractivity contribution < 1.29 is 4.84 Å². The van der Waals surface area contributed by atoms with Crippen LogP contribution in [0.3, 0.4) is 0 Å². The average molecular weight is 216 g/mol. The van der Waals surface area contributed by atoms with E-state index in [2.05, 4.69) is 59.1 Å². The number of nitrogens with zero attached hydrogens (tertiary/aromatic N) is 1. The number of nitrogens with two attached hydrogens (primary N) is 1. The Morgan fingerprint density at radius 1 is 1.38 bits per heavy atom. The van der Waals surface area contributed by atoms with Gasteiger partial charge in [-0.3, -0.25) is 0 Å². The lowest BCUT2D eigenvalue weighted by Gasteiger charge is -1.93. The third kappa shape index (κ3) is 2.15. The van der Waals surface area contributed by atoms with E-state index in [9.17, 15) is 0 Å². The number of hydrogen-bond donors (Lipinski definition) is 1. The molecule has 1 aromatic heterocycles. The Morgan fingerprint density at radius 3 is 3.00 bits per heavy atom. The van der Waals surface area contributed by atoms with Gasteiger partial charge in [0.1, 0.15) is 0 Å². The second-order valence-corrected chi connectivity index (χ2v) is 3.77. The van der Waals surface area contributed by atoms with Crippen molar-refractivity contribution in [1.82, 2.24) is 4.57 Å². The molecule has 1 heterocycles. The molecule has 0 aliphatic rings. The first-order chi connectivity index (χ1) is 7.83. The molecule has 0 unspecified atom stereocenters. The van der Waals surface area contributed by atoms with Crippen LogP contribution in [0.15, 0.2) is 36.5 Å². The van der Waals surface area contributed by atoms with Crippen LogP contribution >= 0.6 is 0 Å². The van der Waals surface area contributed by atoms with Gasteiger partial charge in [0.05, 0.1) is 6.61 Å². The van der Waals surface area contributed by atoms with Crippen molar-refractivity contribution in [3.63, 3.8) is 0 Å².